The van der Waals surface area contributed by atoms with Gasteiger partial charge in [0.2, 0.25) is 0 Å². The molecule has 0 bridgehead atoms. The van der Waals surface area contributed by atoms with Crippen molar-refractivity contribution in [1.82, 2.24) is 0 Å². The van der Waals surface area contributed by atoms with Crippen LogP contribution in [-0.2, 0) is 0 Å². The maximum Gasteiger partial charge on any atom is 0.187 e. The third-order valence-electron chi connectivity index (χ3n) is 1.65. The highest BCUT2D eigenvalue weighted by Crippen LogP contribution is 2.20. The van der Waals surface area contributed by atoms with Crippen LogP contribution in [-0.4, -0.2) is 11.7 Å². The second-order valence-corrected chi connectivity index (χ2v) is 2.79. The maximum atomic E-state index is 12.8. The molecule has 82 valence electrons. The Balaban J connectivity index is 2.78. The lowest BCUT2D eigenvalue weighted by Gasteiger charge is -1.97. The smallest absolute Gasteiger partial charge is 0.187 e. The number of nitrogens with zero attached hydrogens (tertiary/aromatic N) is 3. The number of hydrogen-bond acceptors (Lipinski definition) is 2. The first-order valence-electron chi connectivity index (χ1n) is 4.33. The minimum Gasteiger partial charge on any atom is -0.503 e. The van der Waals surface area contributed by atoms with Gasteiger partial charge in [-0.3, -0.25) is 0 Å². The Labute approximate surface area is 90.1 Å². The number of benzene rings is 1. The van der Waals surface area contributed by atoms with Crippen LogP contribution in [0, 0.1) is 23.5 Å². The summed E-state index contributed by atoms with van der Waals surface area (Å²) in [6.07, 6.45) is 0.300. The third-order valence-corrected chi connectivity index (χ3v) is 1.65. The van der Waals surface area contributed by atoms with E-state index in [1.807, 2.05) is 0 Å². The zero-order valence-electron chi connectivity index (χ0n) is 8.11. The normalized spacial score (nSPS) is 8.88. The summed E-state index contributed by atoms with van der Waals surface area (Å²) >= 11 is 0. The van der Waals surface area contributed by atoms with Crippen molar-refractivity contribution in [3.8, 4) is 17.6 Å². The van der Waals surface area contributed by atoms with Gasteiger partial charge in [0.05, 0.1) is 0 Å². The van der Waals surface area contributed by atoms with E-state index in [1.165, 1.54) is 0 Å². The summed E-state index contributed by atoms with van der Waals surface area (Å²) in [7, 11) is 0. The molecule has 0 atom stereocenters. The zero-order valence-corrected chi connectivity index (χ0v) is 8.11. The van der Waals surface area contributed by atoms with E-state index < -0.39 is 17.4 Å². The number of rotatable bonds is 2. The Morgan fingerprint density at radius 1 is 1.38 bits per heavy atom. The molecule has 4 nitrogen and oxygen atoms in total. The van der Waals surface area contributed by atoms with Crippen LogP contribution >= 0.6 is 0 Å². The lowest BCUT2D eigenvalue weighted by molar-refractivity contribution is 0.396. The molecule has 0 unspecified atom stereocenters. The van der Waals surface area contributed by atoms with E-state index in [0.29, 0.717) is 6.42 Å². The highest BCUT2D eigenvalue weighted by atomic mass is 19.1. The van der Waals surface area contributed by atoms with Crippen LogP contribution in [0.2, 0.25) is 0 Å². The van der Waals surface area contributed by atoms with Crippen molar-refractivity contribution >= 4 is 0 Å². The Kier molecular flexibility index (Phi) is 4.13. The SMILES string of the molecule is [N-]=[N+]=NCCC#Cc1cc(F)c(O)c(F)c1. The fourth-order valence-electron chi connectivity index (χ4n) is 0.953. The molecular formula is C10H7F2N3O. The van der Waals surface area contributed by atoms with E-state index in [1.54, 1.807) is 0 Å². The quantitative estimate of drug-likeness (QED) is 0.270. The molecule has 0 saturated heterocycles. The van der Waals surface area contributed by atoms with E-state index in [4.69, 9.17) is 10.6 Å². The van der Waals surface area contributed by atoms with Gasteiger partial charge < -0.3 is 5.11 Å². The van der Waals surface area contributed by atoms with Crippen molar-refractivity contribution in [3.63, 3.8) is 0 Å². The molecule has 1 aromatic carbocycles. The molecule has 0 aliphatic heterocycles. The largest absolute Gasteiger partial charge is 0.503 e. The van der Waals surface area contributed by atoms with Gasteiger partial charge in [-0.15, -0.1) is 0 Å². The van der Waals surface area contributed by atoms with Crippen molar-refractivity contribution in [3.05, 3.63) is 39.8 Å². The number of azide groups is 1. The third kappa shape index (κ3) is 3.15. The Morgan fingerprint density at radius 2 is 2.00 bits per heavy atom. The first kappa shape index (κ1) is 11.8. The standard InChI is InChI=1S/C10H7F2N3O/c11-8-5-7(6-9(12)10(8)16)3-1-2-4-14-15-13/h5-6,16H,2,4H2. The van der Waals surface area contributed by atoms with E-state index in [2.05, 4.69) is 21.9 Å². The predicted molar refractivity (Wildman–Crippen MR) is 53.5 cm³/mol. The summed E-state index contributed by atoms with van der Waals surface area (Å²) in [6, 6.07) is 1.86. The second kappa shape index (κ2) is 5.59. The first-order valence-corrected chi connectivity index (χ1v) is 4.33. The van der Waals surface area contributed by atoms with Crippen LogP contribution in [0.15, 0.2) is 17.2 Å². The molecule has 1 rings (SSSR count). The lowest BCUT2D eigenvalue weighted by atomic mass is 10.2. The number of hydrogen-bond donors (Lipinski definition) is 1. The highest BCUT2D eigenvalue weighted by Gasteiger charge is 2.07. The molecule has 0 spiro atoms. The van der Waals surface area contributed by atoms with E-state index >= 15 is 0 Å². The van der Waals surface area contributed by atoms with Crippen LogP contribution in [0.4, 0.5) is 8.78 Å². The Hall–Kier alpha value is -2.25. The van der Waals surface area contributed by atoms with Gasteiger partial charge in [-0.25, -0.2) is 8.78 Å². The Morgan fingerprint density at radius 3 is 2.56 bits per heavy atom. The zero-order chi connectivity index (χ0) is 12.0. The Bertz CT molecular complexity index is 476. The van der Waals surface area contributed by atoms with Crippen molar-refractivity contribution in [2.75, 3.05) is 6.54 Å². The van der Waals surface area contributed by atoms with Gasteiger partial charge in [0, 0.05) is 23.4 Å². The molecule has 0 aliphatic carbocycles. The van der Waals surface area contributed by atoms with Crippen LogP contribution in [0.1, 0.15) is 12.0 Å². The monoisotopic (exact) mass is 223 g/mol. The van der Waals surface area contributed by atoms with Gasteiger partial charge >= 0.3 is 0 Å². The summed E-state index contributed by atoms with van der Waals surface area (Å²) in [5.41, 5.74) is 8.09. The summed E-state index contributed by atoms with van der Waals surface area (Å²) in [5.74, 6) is 1.94. The van der Waals surface area contributed by atoms with Gasteiger partial charge in [0.15, 0.2) is 17.4 Å². The van der Waals surface area contributed by atoms with Crippen molar-refractivity contribution in [2.45, 2.75) is 6.42 Å². The fourth-order valence-corrected chi connectivity index (χ4v) is 0.953. The molecule has 0 fully saturated rings. The number of phenols is 1. The van der Waals surface area contributed by atoms with E-state index in [0.717, 1.165) is 12.1 Å². The highest BCUT2D eigenvalue weighted by molar-refractivity contribution is 5.39. The topological polar surface area (TPSA) is 69.0 Å². The van der Waals surface area contributed by atoms with Crippen LogP contribution in [0.3, 0.4) is 0 Å². The molecule has 0 amide bonds. The molecule has 6 heteroatoms. The summed E-state index contributed by atoms with van der Waals surface area (Å²) in [6.45, 7) is 0.201. The van der Waals surface area contributed by atoms with Gasteiger partial charge in [0.1, 0.15) is 0 Å². The number of aromatic hydroxyl groups is 1. The lowest BCUT2D eigenvalue weighted by Crippen LogP contribution is -1.86. The molecule has 1 N–H and O–H groups in total. The second-order valence-electron chi connectivity index (χ2n) is 2.79. The van der Waals surface area contributed by atoms with Crippen molar-refractivity contribution < 1.29 is 13.9 Å². The van der Waals surface area contributed by atoms with Crippen molar-refractivity contribution in [1.29, 1.82) is 0 Å². The average Bonchev–Trinajstić information content (AvgIpc) is 2.25. The fraction of sp³-hybridized carbons (Fsp3) is 0.200. The molecule has 0 saturated carbocycles. The van der Waals surface area contributed by atoms with Gasteiger partial charge in [0.25, 0.3) is 0 Å². The van der Waals surface area contributed by atoms with Crippen molar-refractivity contribution in [2.24, 2.45) is 5.11 Å². The average molecular weight is 223 g/mol. The molecular weight excluding hydrogens is 216 g/mol. The van der Waals surface area contributed by atoms with E-state index in [9.17, 15) is 8.78 Å². The van der Waals surface area contributed by atoms with Crippen LogP contribution < -0.4 is 0 Å². The van der Waals surface area contributed by atoms with E-state index in [-0.39, 0.29) is 12.1 Å². The minimum atomic E-state index is -1.06. The van der Waals surface area contributed by atoms with Crippen LogP contribution in [0.25, 0.3) is 10.4 Å². The molecule has 0 heterocycles. The van der Waals surface area contributed by atoms with Crippen LogP contribution in [0.5, 0.6) is 5.75 Å². The maximum absolute atomic E-state index is 12.8. The summed E-state index contributed by atoms with van der Waals surface area (Å²) < 4.78 is 25.7. The van der Waals surface area contributed by atoms with Gasteiger partial charge in [-0.1, -0.05) is 17.0 Å². The summed E-state index contributed by atoms with van der Waals surface area (Å²) in [5, 5.41) is 12.1. The molecule has 0 aliphatic rings. The number of phenolic OH excluding ortho intramolecular Hbond substituents is 1. The molecule has 1 aromatic rings. The summed E-state index contributed by atoms with van der Waals surface area (Å²) in [4.78, 5) is 2.52. The minimum absolute atomic E-state index is 0.119. The number of halogens is 2. The first-order chi connectivity index (χ1) is 7.65. The van der Waals surface area contributed by atoms with Gasteiger partial charge in [-0.2, -0.15) is 0 Å². The molecule has 0 aromatic heterocycles. The predicted octanol–water partition coefficient (Wildman–Crippen LogP) is 2.72. The van der Waals surface area contributed by atoms with Gasteiger partial charge in [-0.05, 0) is 17.7 Å². The molecule has 16 heavy (non-hydrogen) atoms. The molecule has 0 radical (unpaired) electrons.